The Balaban J connectivity index is 0.000000184. The van der Waals surface area contributed by atoms with Crippen molar-refractivity contribution in [3.63, 3.8) is 0 Å². The lowest BCUT2D eigenvalue weighted by Crippen LogP contribution is -2.54. The SMILES string of the molecule is C.C.C.CCOC(=O)c1c(N2CCN(C(=O)C3(C)CCCS3)CC2)c2ccccc2n(C)c1=O.CCOC(=O)c1c(N2CCN(C(=O)c3cccs3)CC2)c2ccccc2n(Cc2ccsc2)c1=O.Cn1c(=O)c([N+](=O)[O-])c(N2CCN(Cc3ccccc3)CC2)c2ccccc21. The van der Waals surface area contributed by atoms with Crippen LogP contribution in [-0.4, -0.2) is 159 Å². The number of para-hydroxylation sites is 3. The van der Waals surface area contributed by atoms with Gasteiger partial charge in [-0.2, -0.15) is 11.3 Å². The average Bonchev–Trinajstić information content (AvgIpc) is 1.40. The van der Waals surface area contributed by atoms with Gasteiger partial charge in [0.2, 0.25) is 5.91 Å². The molecular formula is C73H88N10O11S3. The number of piperazine rings is 3. The number of amides is 2. The summed E-state index contributed by atoms with van der Waals surface area (Å²) in [6.45, 7) is 14.3. The maximum atomic E-state index is 13.8. The van der Waals surface area contributed by atoms with Gasteiger partial charge in [-0.15, -0.1) is 23.1 Å². The van der Waals surface area contributed by atoms with E-state index in [2.05, 4.69) is 21.9 Å². The quantitative estimate of drug-likeness (QED) is 0.0562. The number of thioether (sulfide) groups is 1. The Bertz CT molecular complexity index is 4430. The van der Waals surface area contributed by atoms with Crippen molar-refractivity contribution in [3.05, 3.63) is 206 Å². The number of benzene rings is 4. The fourth-order valence-corrected chi connectivity index (χ4v) is 15.7. The average molecular weight is 1380 g/mol. The maximum absolute atomic E-state index is 13.8. The Morgan fingerprint density at radius 3 is 1.56 bits per heavy atom. The third kappa shape index (κ3) is 15.5. The van der Waals surface area contributed by atoms with E-state index in [0.717, 1.165) is 71.0 Å². The molecule has 0 spiro atoms. The number of anilines is 3. The minimum atomic E-state index is -0.616. The van der Waals surface area contributed by atoms with Crippen LogP contribution >= 0.6 is 34.4 Å². The van der Waals surface area contributed by atoms with E-state index in [-0.39, 0.29) is 80.0 Å². The predicted molar refractivity (Wildman–Crippen MR) is 394 cm³/mol. The molecule has 9 heterocycles. The number of aryl methyl sites for hydroxylation is 2. The Morgan fingerprint density at radius 2 is 1.04 bits per heavy atom. The van der Waals surface area contributed by atoms with Crippen molar-refractivity contribution < 1.29 is 33.6 Å². The van der Waals surface area contributed by atoms with Gasteiger partial charge in [-0.3, -0.25) is 39.0 Å². The van der Waals surface area contributed by atoms with E-state index in [1.165, 1.54) is 26.0 Å². The maximum Gasteiger partial charge on any atom is 0.357 e. The molecule has 0 aliphatic carbocycles. The highest BCUT2D eigenvalue weighted by Gasteiger charge is 2.42. The molecule has 0 N–H and O–H groups in total. The summed E-state index contributed by atoms with van der Waals surface area (Å²) in [6, 6.07) is 38.6. The summed E-state index contributed by atoms with van der Waals surface area (Å²) in [5.41, 5.74) is 4.66. The minimum Gasteiger partial charge on any atom is -0.462 e. The molecule has 0 radical (unpaired) electrons. The molecule has 13 rings (SSSR count). The van der Waals surface area contributed by atoms with Crippen LogP contribution in [0.5, 0.6) is 0 Å². The first-order chi connectivity index (χ1) is 45.5. The first-order valence-corrected chi connectivity index (χ1v) is 34.5. The lowest BCUT2D eigenvalue weighted by molar-refractivity contribution is -0.385. The Hall–Kier alpha value is -9.10. The van der Waals surface area contributed by atoms with Crippen molar-refractivity contribution in [2.45, 2.75) is 73.7 Å². The molecule has 24 heteroatoms. The largest absolute Gasteiger partial charge is 0.462 e. The second kappa shape index (κ2) is 32.8. The van der Waals surface area contributed by atoms with Crippen LogP contribution in [0.2, 0.25) is 0 Å². The molecule has 97 heavy (non-hydrogen) atoms. The van der Waals surface area contributed by atoms with Crippen molar-refractivity contribution in [2.75, 3.05) is 112 Å². The zero-order valence-corrected chi connectivity index (χ0v) is 55.9. The van der Waals surface area contributed by atoms with Crippen LogP contribution in [0.4, 0.5) is 22.7 Å². The van der Waals surface area contributed by atoms with E-state index in [1.54, 1.807) is 55.6 Å². The van der Waals surface area contributed by atoms with Gasteiger partial charge in [0, 0.05) is 115 Å². The molecule has 4 fully saturated rings. The highest BCUT2D eigenvalue weighted by Crippen LogP contribution is 2.40. The number of hydrogen-bond acceptors (Lipinski definition) is 18. The van der Waals surface area contributed by atoms with Gasteiger partial charge in [-0.05, 0) is 97.0 Å². The zero-order valence-electron chi connectivity index (χ0n) is 53.4. The summed E-state index contributed by atoms with van der Waals surface area (Å²) < 4.78 is 14.8. The molecule has 4 aliphatic heterocycles. The first-order valence-electron chi connectivity index (χ1n) is 31.7. The summed E-state index contributed by atoms with van der Waals surface area (Å²) in [5.74, 6) is 0.0340. The Kier molecular flexibility index (Phi) is 24.9. The number of esters is 2. The Labute approximate surface area is 578 Å². The summed E-state index contributed by atoms with van der Waals surface area (Å²) in [6.07, 6.45) is 2.00. The van der Waals surface area contributed by atoms with Crippen molar-refractivity contribution in [1.82, 2.24) is 28.4 Å². The standard InChI is InChI=1S/C26H25N3O4S2.C23H29N3O4S.C21H22N4O3.3CH4/c1-2-33-26(32)22-23(27-10-12-28(13-11-27)24(30)21-8-5-14-35-21)19-6-3-4-7-20(19)29(25(22)31)16-18-9-15-34-17-18;1-4-30-21(28)18-19(16-8-5-6-9-17(16)24(3)20(18)27)25-11-13-26(14-12-25)22(29)23(2)10-7-15-31-23;1-22-18-10-6-5-9-17(18)19(20(21(22)26)25(27)28)24-13-11-23(12-14-24)15-16-7-3-2-4-8-16;;;/h3-9,14-15,17H,2,10-13,16H2,1H3;5-6,8-9H,4,7,10-15H2,1-3H3;2-10H,11-15H2,1H3;3*1H4. The van der Waals surface area contributed by atoms with Crippen LogP contribution in [0, 0.1) is 10.1 Å². The third-order valence-electron chi connectivity index (χ3n) is 17.8. The number of carbonyl (C=O) groups is 4. The van der Waals surface area contributed by atoms with Crippen molar-refractivity contribution >= 4 is 114 Å². The number of fused-ring (bicyclic) bond motifs is 3. The molecule has 514 valence electrons. The van der Waals surface area contributed by atoms with E-state index in [0.29, 0.717) is 99.4 Å². The third-order valence-corrected chi connectivity index (χ3v) is 20.9. The van der Waals surface area contributed by atoms with Gasteiger partial charge in [0.15, 0.2) is 0 Å². The van der Waals surface area contributed by atoms with Gasteiger partial charge in [-0.1, -0.05) is 113 Å². The zero-order chi connectivity index (χ0) is 66.2. The van der Waals surface area contributed by atoms with E-state index in [9.17, 15) is 43.7 Å². The van der Waals surface area contributed by atoms with Crippen LogP contribution in [0.3, 0.4) is 0 Å². The number of rotatable bonds is 14. The summed E-state index contributed by atoms with van der Waals surface area (Å²) in [5, 5.41) is 20.0. The normalized spacial score (nSPS) is 16.2. The van der Waals surface area contributed by atoms with Crippen LogP contribution < -0.4 is 31.4 Å². The molecule has 4 aromatic carbocycles. The van der Waals surface area contributed by atoms with Crippen LogP contribution in [0.25, 0.3) is 32.7 Å². The van der Waals surface area contributed by atoms with Crippen LogP contribution in [-0.2, 0) is 41.5 Å². The predicted octanol–water partition coefficient (Wildman–Crippen LogP) is 11.6. The fourth-order valence-electron chi connectivity index (χ4n) is 13.0. The van der Waals surface area contributed by atoms with Crippen LogP contribution in [0.15, 0.2) is 152 Å². The summed E-state index contributed by atoms with van der Waals surface area (Å²) in [7, 11) is 3.26. The summed E-state index contributed by atoms with van der Waals surface area (Å²) in [4.78, 5) is 116. The van der Waals surface area contributed by atoms with E-state index < -0.39 is 22.4 Å². The number of nitrogens with zero attached hydrogens (tertiary/aromatic N) is 10. The second-order valence-electron chi connectivity index (χ2n) is 23.6. The summed E-state index contributed by atoms with van der Waals surface area (Å²) >= 11 is 4.75. The van der Waals surface area contributed by atoms with Gasteiger partial charge in [0.1, 0.15) is 16.8 Å². The highest BCUT2D eigenvalue weighted by molar-refractivity contribution is 8.01. The number of nitro groups is 1. The van der Waals surface area contributed by atoms with Crippen molar-refractivity contribution in [1.29, 1.82) is 0 Å². The fraction of sp³-hybridized carbons (Fsp3) is 0.384. The van der Waals surface area contributed by atoms with Crippen molar-refractivity contribution in [2.24, 2.45) is 14.1 Å². The highest BCUT2D eigenvalue weighted by atomic mass is 32.2. The number of aromatic nitrogens is 3. The van der Waals surface area contributed by atoms with E-state index in [1.807, 2.05) is 152 Å². The van der Waals surface area contributed by atoms with E-state index >= 15 is 0 Å². The number of hydrogen-bond donors (Lipinski definition) is 0. The van der Waals surface area contributed by atoms with Gasteiger partial charge in [-0.25, -0.2) is 9.59 Å². The Morgan fingerprint density at radius 1 is 0.546 bits per heavy atom. The monoisotopic (exact) mass is 1380 g/mol. The molecule has 1 unspecified atom stereocenters. The van der Waals surface area contributed by atoms with Crippen molar-refractivity contribution in [3.8, 4) is 0 Å². The molecule has 2 amide bonds. The molecule has 5 aromatic heterocycles. The topological polar surface area (TPSA) is 215 Å². The molecule has 4 saturated heterocycles. The first kappa shape index (κ1) is 73.7. The molecular weight excluding hydrogens is 1290 g/mol. The van der Waals surface area contributed by atoms with E-state index in [4.69, 9.17) is 9.47 Å². The smallest absolute Gasteiger partial charge is 0.357 e. The molecule has 9 aromatic rings. The lowest BCUT2D eigenvalue weighted by Gasteiger charge is -2.40. The molecule has 4 aliphatic rings. The molecule has 21 nitrogen and oxygen atoms in total. The molecule has 0 bridgehead atoms. The number of pyridine rings is 3. The number of carbonyl (C=O) groups excluding carboxylic acids is 4. The lowest BCUT2D eigenvalue weighted by atomic mass is 10.0. The number of ether oxygens (including phenoxy) is 2. The molecule has 0 saturated carbocycles. The molecule has 1 atom stereocenters. The van der Waals surface area contributed by atoms with Gasteiger partial charge < -0.3 is 47.7 Å². The number of thiophene rings is 2. The van der Waals surface area contributed by atoms with Gasteiger partial charge in [0.05, 0.1) is 62.2 Å². The van der Waals surface area contributed by atoms with Gasteiger partial charge >= 0.3 is 23.2 Å². The minimum absolute atomic E-state index is 0. The van der Waals surface area contributed by atoms with Gasteiger partial charge in [0.25, 0.3) is 17.0 Å². The van der Waals surface area contributed by atoms with Crippen LogP contribution in [0.1, 0.15) is 97.4 Å². The second-order valence-corrected chi connectivity index (χ2v) is 26.9.